The molecule has 2 aromatic carbocycles. The number of sulfonamides is 1. The Hall–Kier alpha value is -3.20. The van der Waals surface area contributed by atoms with Gasteiger partial charge in [-0.2, -0.15) is 0 Å². The van der Waals surface area contributed by atoms with Crippen molar-refractivity contribution < 1.29 is 13.2 Å². The molecular weight excluding hydrogens is 402 g/mol. The maximum Gasteiger partial charge on any atom is 0.261 e. The Morgan fingerprint density at radius 2 is 1.93 bits per heavy atom. The van der Waals surface area contributed by atoms with Crippen LogP contribution in [-0.4, -0.2) is 29.1 Å². The molecule has 2 aliphatic rings. The van der Waals surface area contributed by atoms with Crippen molar-refractivity contribution in [3.05, 3.63) is 53.9 Å². The smallest absolute Gasteiger partial charge is 0.261 e. The van der Waals surface area contributed by atoms with E-state index in [4.69, 9.17) is 0 Å². The van der Waals surface area contributed by atoms with Crippen molar-refractivity contribution in [3.63, 3.8) is 0 Å². The highest BCUT2D eigenvalue weighted by molar-refractivity contribution is 7.92. The lowest BCUT2D eigenvalue weighted by atomic mass is 10.2. The number of carbonyl (C=O) groups excluding carboxylic acids is 1. The van der Waals surface area contributed by atoms with Gasteiger partial charge in [-0.3, -0.25) is 9.52 Å². The van der Waals surface area contributed by atoms with Crippen LogP contribution in [0.3, 0.4) is 0 Å². The number of nitrogens with zero attached hydrogens (tertiary/aromatic N) is 3. The Labute approximate surface area is 174 Å². The Morgan fingerprint density at radius 3 is 2.83 bits per heavy atom. The van der Waals surface area contributed by atoms with Gasteiger partial charge in [0.2, 0.25) is 5.91 Å². The zero-order valence-corrected chi connectivity index (χ0v) is 17.1. The van der Waals surface area contributed by atoms with Crippen molar-refractivity contribution in [2.45, 2.75) is 43.5 Å². The van der Waals surface area contributed by atoms with Gasteiger partial charge in [0, 0.05) is 29.9 Å². The van der Waals surface area contributed by atoms with E-state index >= 15 is 0 Å². The molecule has 2 N–H and O–H groups in total. The van der Waals surface area contributed by atoms with E-state index in [1.807, 2.05) is 6.07 Å². The zero-order chi connectivity index (χ0) is 20.7. The van der Waals surface area contributed by atoms with Crippen LogP contribution in [0, 0.1) is 0 Å². The number of amides is 1. The monoisotopic (exact) mass is 423 g/mol. The number of fused-ring (bicyclic) bond motifs is 2. The molecule has 3 heterocycles. The molecule has 2 aliphatic heterocycles. The Balaban J connectivity index is 1.43. The summed E-state index contributed by atoms with van der Waals surface area (Å²) in [5.74, 6) is 1.61. The molecule has 8 nitrogen and oxygen atoms in total. The third kappa shape index (κ3) is 3.45. The molecule has 3 aromatic rings. The number of hydrogen-bond acceptors (Lipinski definition) is 5. The van der Waals surface area contributed by atoms with Gasteiger partial charge in [-0.15, -0.1) is 10.2 Å². The van der Waals surface area contributed by atoms with Crippen molar-refractivity contribution >= 4 is 27.3 Å². The first-order chi connectivity index (χ1) is 14.5. The predicted molar refractivity (Wildman–Crippen MR) is 113 cm³/mol. The summed E-state index contributed by atoms with van der Waals surface area (Å²) in [6, 6.07) is 11.9. The van der Waals surface area contributed by atoms with Gasteiger partial charge in [0.15, 0.2) is 5.82 Å². The highest BCUT2D eigenvalue weighted by Crippen LogP contribution is 2.28. The highest BCUT2D eigenvalue weighted by Gasteiger charge is 2.22. The fraction of sp³-hybridized carbons (Fsp3) is 0.286. The molecule has 9 heteroatoms. The number of aromatic nitrogens is 3. The molecule has 0 atom stereocenters. The second-order valence-corrected chi connectivity index (χ2v) is 9.31. The van der Waals surface area contributed by atoms with Gasteiger partial charge in [0.1, 0.15) is 5.82 Å². The van der Waals surface area contributed by atoms with Gasteiger partial charge in [-0.05, 0) is 48.7 Å². The lowest BCUT2D eigenvalue weighted by Crippen LogP contribution is -2.13. The molecular formula is C21H21N5O3S. The topological polar surface area (TPSA) is 106 Å². The quantitative estimate of drug-likeness (QED) is 0.671. The normalized spacial score (nSPS) is 15.8. The number of benzene rings is 2. The summed E-state index contributed by atoms with van der Waals surface area (Å²) in [7, 11) is -3.79. The number of aryl methyl sites for hydroxylation is 1. The van der Waals surface area contributed by atoms with Gasteiger partial charge in [-0.1, -0.05) is 18.6 Å². The summed E-state index contributed by atoms with van der Waals surface area (Å²) >= 11 is 0. The van der Waals surface area contributed by atoms with E-state index in [9.17, 15) is 13.2 Å². The lowest BCUT2D eigenvalue weighted by molar-refractivity contribution is -0.115. The molecule has 0 fully saturated rings. The van der Waals surface area contributed by atoms with E-state index in [1.54, 1.807) is 24.3 Å². The van der Waals surface area contributed by atoms with Crippen LogP contribution in [0.2, 0.25) is 0 Å². The van der Waals surface area contributed by atoms with E-state index in [-0.39, 0.29) is 17.2 Å². The van der Waals surface area contributed by atoms with Crippen LogP contribution in [-0.2, 0) is 34.2 Å². The minimum Gasteiger partial charge on any atom is -0.326 e. The third-order valence-corrected chi connectivity index (χ3v) is 6.87. The Bertz CT molecular complexity index is 1250. The fourth-order valence-electron chi connectivity index (χ4n) is 4.01. The average molecular weight is 423 g/mol. The first kappa shape index (κ1) is 18.8. The average Bonchev–Trinajstić information content (AvgIpc) is 3.21. The van der Waals surface area contributed by atoms with Gasteiger partial charge in [0.05, 0.1) is 11.3 Å². The Kier molecular flexibility index (Phi) is 4.54. The summed E-state index contributed by atoms with van der Waals surface area (Å²) in [6.07, 6.45) is 4.46. The van der Waals surface area contributed by atoms with Crippen LogP contribution in [0.5, 0.6) is 0 Å². The number of carbonyl (C=O) groups is 1. The first-order valence-corrected chi connectivity index (χ1v) is 11.5. The van der Waals surface area contributed by atoms with Crippen LogP contribution in [0.4, 0.5) is 11.4 Å². The molecule has 0 unspecified atom stereocenters. The number of nitrogens with one attached hydrogen (secondary N) is 2. The molecule has 0 aliphatic carbocycles. The minimum atomic E-state index is -3.79. The lowest BCUT2D eigenvalue weighted by Gasteiger charge is -2.11. The molecule has 1 amide bonds. The summed E-state index contributed by atoms with van der Waals surface area (Å²) < 4.78 is 30.6. The summed E-state index contributed by atoms with van der Waals surface area (Å²) in [5.41, 5.74) is 2.61. The predicted octanol–water partition coefficient (Wildman–Crippen LogP) is 2.97. The van der Waals surface area contributed by atoms with Crippen molar-refractivity contribution in [2.24, 2.45) is 0 Å². The SMILES string of the molecule is O=C1Cc2cc(S(=O)(=O)Nc3cccc(-c4nnc5n4CCCCC5)c3)ccc2N1. The molecule has 0 saturated carbocycles. The number of anilines is 2. The van der Waals surface area contributed by atoms with Crippen LogP contribution in [0.1, 0.15) is 30.7 Å². The Morgan fingerprint density at radius 1 is 1.03 bits per heavy atom. The summed E-state index contributed by atoms with van der Waals surface area (Å²) in [5, 5.41) is 11.4. The third-order valence-electron chi connectivity index (χ3n) is 5.49. The first-order valence-electron chi connectivity index (χ1n) is 9.98. The molecule has 0 radical (unpaired) electrons. The molecule has 0 spiro atoms. The molecule has 0 bridgehead atoms. The van der Waals surface area contributed by atoms with Crippen LogP contribution >= 0.6 is 0 Å². The standard InChI is InChI=1S/C21H21N5O3S/c27-20-13-15-12-17(8-9-18(15)22-20)30(28,29)25-16-6-4-5-14(11-16)21-24-23-19-7-2-1-3-10-26(19)21/h4-6,8-9,11-12,25H,1-3,7,10,13H2,(H,22,27). The van der Waals surface area contributed by atoms with Gasteiger partial charge in [0.25, 0.3) is 10.0 Å². The van der Waals surface area contributed by atoms with Crippen LogP contribution < -0.4 is 10.0 Å². The van der Waals surface area contributed by atoms with Crippen LogP contribution in [0.15, 0.2) is 47.4 Å². The van der Waals surface area contributed by atoms with Crippen molar-refractivity contribution in [2.75, 3.05) is 10.0 Å². The molecule has 5 rings (SSSR count). The van der Waals surface area contributed by atoms with Crippen molar-refractivity contribution in [3.8, 4) is 11.4 Å². The number of rotatable bonds is 4. The maximum absolute atomic E-state index is 12.9. The minimum absolute atomic E-state index is 0.125. The van der Waals surface area contributed by atoms with Crippen LogP contribution in [0.25, 0.3) is 11.4 Å². The summed E-state index contributed by atoms with van der Waals surface area (Å²) in [4.78, 5) is 11.7. The second kappa shape index (κ2) is 7.24. The molecule has 30 heavy (non-hydrogen) atoms. The number of hydrogen-bond donors (Lipinski definition) is 2. The van der Waals surface area contributed by atoms with E-state index in [1.165, 1.54) is 18.6 Å². The fourth-order valence-corrected chi connectivity index (χ4v) is 5.11. The largest absolute Gasteiger partial charge is 0.326 e. The van der Waals surface area contributed by atoms with E-state index in [0.717, 1.165) is 43.0 Å². The van der Waals surface area contributed by atoms with E-state index in [2.05, 4.69) is 24.8 Å². The van der Waals surface area contributed by atoms with Crippen molar-refractivity contribution in [1.29, 1.82) is 0 Å². The molecule has 154 valence electrons. The van der Waals surface area contributed by atoms with Gasteiger partial charge >= 0.3 is 0 Å². The van der Waals surface area contributed by atoms with Crippen molar-refractivity contribution in [1.82, 2.24) is 14.8 Å². The maximum atomic E-state index is 12.9. The van der Waals surface area contributed by atoms with Gasteiger partial charge in [-0.25, -0.2) is 8.42 Å². The van der Waals surface area contributed by atoms with E-state index < -0.39 is 10.0 Å². The molecule has 1 aromatic heterocycles. The zero-order valence-electron chi connectivity index (χ0n) is 16.3. The van der Waals surface area contributed by atoms with E-state index in [0.29, 0.717) is 16.9 Å². The van der Waals surface area contributed by atoms with Gasteiger partial charge < -0.3 is 9.88 Å². The summed E-state index contributed by atoms with van der Waals surface area (Å²) in [6.45, 7) is 0.871. The second-order valence-electron chi connectivity index (χ2n) is 7.63. The highest BCUT2D eigenvalue weighted by atomic mass is 32.2. The molecule has 0 saturated heterocycles.